The first-order chi connectivity index (χ1) is 13.6. The fourth-order valence-corrected chi connectivity index (χ4v) is 3.26. The molecule has 3 rings (SSSR count). The molecule has 1 heterocycles. The van der Waals surface area contributed by atoms with Gasteiger partial charge in [-0.15, -0.1) is 0 Å². The maximum atomic E-state index is 12.2. The molecule has 0 atom stereocenters. The monoisotopic (exact) mass is 378 g/mol. The fraction of sp³-hybridized carbons (Fsp3) is 0.318. The Kier molecular flexibility index (Phi) is 6.42. The molecule has 0 fully saturated rings. The lowest BCUT2D eigenvalue weighted by Crippen LogP contribution is -2.35. The minimum Gasteiger partial charge on any atom is -0.370 e. The molecule has 0 unspecified atom stereocenters. The van der Waals surface area contributed by atoms with E-state index in [0.29, 0.717) is 24.9 Å². The van der Waals surface area contributed by atoms with Gasteiger partial charge in [0.2, 0.25) is 11.3 Å². The maximum Gasteiger partial charge on any atom is 0.221 e. The largest absolute Gasteiger partial charge is 0.370 e. The van der Waals surface area contributed by atoms with E-state index in [2.05, 4.69) is 47.4 Å². The second kappa shape index (κ2) is 9.17. The molecule has 1 aromatic heterocycles. The number of hydrogen-bond donors (Lipinski definition) is 1. The number of nitrogens with zero attached hydrogens (tertiary/aromatic N) is 3. The van der Waals surface area contributed by atoms with Crippen LogP contribution in [-0.4, -0.2) is 35.3 Å². The third-order valence-electron chi connectivity index (χ3n) is 4.77. The van der Waals surface area contributed by atoms with E-state index in [1.54, 1.807) is 10.7 Å². The van der Waals surface area contributed by atoms with Gasteiger partial charge in [-0.05, 0) is 43.7 Å². The van der Waals surface area contributed by atoms with Crippen molar-refractivity contribution in [3.8, 4) is 0 Å². The zero-order valence-electron chi connectivity index (χ0n) is 16.4. The summed E-state index contributed by atoms with van der Waals surface area (Å²) in [4.78, 5) is 26.4. The van der Waals surface area contributed by atoms with Crippen molar-refractivity contribution in [2.24, 2.45) is 0 Å². The van der Waals surface area contributed by atoms with E-state index in [1.807, 2.05) is 24.3 Å². The minimum atomic E-state index is -0.105. The van der Waals surface area contributed by atoms with E-state index < -0.39 is 0 Å². The van der Waals surface area contributed by atoms with Crippen molar-refractivity contribution in [1.29, 1.82) is 0 Å². The second-order valence-corrected chi connectivity index (χ2v) is 6.77. The number of rotatable bonds is 8. The number of carbonyl (C=O) groups is 1. The summed E-state index contributed by atoms with van der Waals surface area (Å²) in [5.41, 5.74) is 3.04. The van der Waals surface area contributed by atoms with Crippen LogP contribution in [0, 0.1) is 6.92 Å². The molecule has 0 aliphatic heterocycles. The highest BCUT2D eigenvalue weighted by atomic mass is 16.1. The predicted molar refractivity (Wildman–Crippen MR) is 113 cm³/mol. The Hall–Kier alpha value is -3.15. The van der Waals surface area contributed by atoms with Gasteiger partial charge >= 0.3 is 0 Å². The predicted octanol–water partition coefficient (Wildman–Crippen LogP) is 2.74. The number of amides is 1. The van der Waals surface area contributed by atoms with Crippen molar-refractivity contribution in [2.75, 3.05) is 24.5 Å². The standard InChI is InChI=1S/C22H26N4O2/c1-3-25(18-8-6-7-17(2)15-18)14-12-23-22(28)11-13-26-20-10-5-4-9-19(20)21(27)16-24-26/h4-10,15-16H,3,11-14H2,1-2H3,(H,23,28). The van der Waals surface area contributed by atoms with Crippen LogP contribution < -0.4 is 15.6 Å². The number of anilines is 1. The number of para-hydroxylation sites is 1. The van der Waals surface area contributed by atoms with Crippen LogP contribution in [-0.2, 0) is 11.3 Å². The zero-order valence-corrected chi connectivity index (χ0v) is 16.4. The Balaban J connectivity index is 1.52. The van der Waals surface area contributed by atoms with Gasteiger partial charge in [-0.3, -0.25) is 14.3 Å². The summed E-state index contributed by atoms with van der Waals surface area (Å²) < 4.78 is 1.71. The molecule has 0 aliphatic rings. The molecule has 0 radical (unpaired) electrons. The zero-order chi connectivity index (χ0) is 19.9. The highest BCUT2D eigenvalue weighted by Crippen LogP contribution is 2.15. The van der Waals surface area contributed by atoms with Crippen LogP contribution in [0.4, 0.5) is 5.69 Å². The number of nitrogens with one attached hydrogen (secondary N) is 1. The van der Waals surface area contributed by atoms with Crippen molar-refractivity contribution in [3.63, 3.8) is 0 Å². The van der Waals surface area contributed by atoms with Crippen LogP contribution in [0.5, 0.6) is 0 Å². The van der Waals surface area contributed by atoms with Crippen LogP contribution >= 0.6 is 0 Å². The minimum absolute atomic E-state index is 0.0233. The molecule has 0 bridgehead atoms. The van der Waals surface area contributed by atoms with Crippen molar-refractivity contribution < 1.29 is 4.79 Å². The SMILES string of the molecule is CCN(CCNC(=O)CCn1ncc(=O)c2ccccc21)c1cccc(C)c1. The number of carbonyl (C=O) groups excluding carboxylic acids is 1. The summed E-state index contributed by atoms with van der Waals surface area (Å²) in [5.74, 6) is -0.0233. The average Bonchev–Trinajstić information content (AvgIpc) is 2.71. The molecule has 1 N–H and O–H groups in total. The summed E-state index contributed by atoms with van der Waals surface area (Å²) in [6, 6.07) is 15.7. The van der Waals surface area contributed by atoms with E-state index in [0.717, 1.165) is 18.6 Å². The Labute approximate surface area is 164 Å². The Morgan fingerprint density at radius 1 is 1.18 bits per heavy atom. The van der Waals surface area contributed by atoms with Gasteiger partial charge in [0.05, 0.1) is 18.3 Å². The molecule has 146 valence electrons. The van der Waals surface area contributed by atoms with Crippen LogP contribution in [0.1, 0.15) is 18.9 Å². The van der Waals surface area contributed by atoms with Gasteiger partial charge in [0.15, 0.2) is 0 Å². The summed E-state index contributed by atoms with van der Waals surface area (Å²) >= 11 is 0. The molecule has 3 aromatic rings. The van der Waals surface area contributed by atoms with Crippen LogP contribution in [0.25, 0.3) is 10.9 Å². The maximum absolute atomic E-state index is 12.2. The number of hydrogen-bond acceptors (Lipinski definition) is 4. The van der Waals surface area contributed by atoms with Gasteiger partial charge in [0, 0.05) is 37.1 Å². The lowest BCUT2D eigenvalue weighted by atomic mass is 10.2. The molecule has 28 heavy (non-hydrogen) atoms. The smallest absolute Gasteiger partial charge is 0.221 e. The number of benzene rings is 2. The second-order valence-electron chi connectivity index (χ2n) is 6.77. The van der Waals surface area contributed by atoms with E-state index in [-0.39, 0.29) is 11.3 Å². The van der Waals surface area contributed by atoms with E-state index in [9.17, 15) is 9.59 Å². The first-order valence-electron chi connectivity index (χ1n) is 9.61. The van der Waals surface area contributed by atoms with Crippen molar-refractivity contribution >= 4 is 22.5 Å². The van der Waals surface area contributed by atoms with Crippen LogP contribution in [0.15, 0.2) is 59.5 Å². The molecule has 0 saturated carbocycles. The van der Waals surface area contributed by atoms with Gasteiger partial charge in [-0.2, -0.15) is 5.10 Å². The Morgan fingerprint density at radius 2 is 2.00 bits per heavy atom. The van der Waals surface area contributed by atoms with E-state index in [4.69, 9.17) is 0 Å². The summed E-state index contributed by atoms with van der Waals surface area (Å²) in [6.07, 6.45) is 1.62. The lowest BCUT2D eigenvalue weighted by molar-refractivity contribution is -0.121. The van der Waals surface area contributed by atoms with Crippen LogP contribution in [0.2, 0.25) is 0 Å². The summed E-state index contributed by atoms with van der Waals surface area (Å²) in [6.45, 7) is 6.84. The fourth-order valence-electron chi connectivity index (χ4n) is 3.26. The molecule has 1 amide bonds. The number of aromatic nitrogens is 2. The van der Waals surface area contributed by atoms with Gasteiger partial charge in [-0.1, -0.05) is 24.3 Å². The normalized spacial score (nSPS) is 10.8. The molecule has 6 heteroatoms. The first kappa shape index (κ1) is 19.6. The van der Waals surface area contributed by atoms with Gasteiger partial charge in [0.25, 0.3) is 0 Å². The summed E-state index contributed by atoms with van der Waals surface area (Å²) in [5, 5.41) is 7.76. The Bertz CT molecular complexity index is 1010. The topological polar surface area (TPSA) is 67.2 Å². The van der Waals surface area contributed by atoms with E-state index >= 15 is 0 Å². The molecule has 6 nitrogen and oxygen atoms in total. The van der Waals surface area contributed by atoms with Gasteiger partial charge in [-0.25, -0.2) is 0 Å². The number of aryl methyl sites for hydroxylation is 2. The third-order valence-corrected chi connectivity index (χ3v) is 4.77. The highest BCUT2D eigenvalue weighted by Gasteiger charge is 2.08. The average molecular weight is 378 g/mol. The first-order valence-corrected chi connectivity index (χ1v) is 9.61. The number of likely N-dealkylation sites (N-methyl/N-ethyl adjacent to an activating group) is 1. The number of fused-ring (bicyclic) bond motifs is 1. The van der Waals surface area contributed by atoms with Gasteiger partial charge in [0.1, 0.15) is 0 Å². The highest BCUT2D eigenvalue weighted by molar-refractivity contribution is 5.79. The third kappa shape index (κ3) is 4.76. The summed E-state index contributed by atoms with van der Waals surface area (Å²) in [7, 11) is 0. The molecule has 0 saturated heterocycles. The van der Waals surface area contributed by atoms with Crippen molar-refractivity contribution in [3.05, 3.63) is 70.5 Å². The molecular formula is C22H26N4O2. The molecular weight excluding hydrogens is 352 g/mol. The quantitative estimate of drug-likeness (QED) is 0.654. The lowest BCUT2D eigenvalue weighted by Gasteiger charge is -2.23. The van der Waals surface area contributed by atoms with Crippen LogP contribution in [0.3, 0.4) is 0 Å². The molecule has 2 aromatic carbocycles. The van der Waals surface area contributed by atoms with Crippen molar-refractivity contribution in [2.45, 2.75) is 26.8 Å². The van der Waals surface area contributed by atoms with Gasteiger partial charge < -0.3 is 10.2 Å². The van der Waals surface area contributed by atoms with E-state index in [1.165, 1.54) is 17.4 Å². The van der Waals surface area contributed by atoms with Crippen molar-refractivity contribution in [1.82, 2.24) is 15.1 Å². The molecule has 0 spiro atoms. The Morgan fingerprint density at radius 3 is 2.79 bits per heavy atom. The molecule has 0 aliphatic carbocycles.